The van der Waals surface area contributed by atoms with Gasteiger partial charge in [-0.25, -0.2) is 4.98 Å². The summed E-state index contributed by atoms with van der Waals surface area (Å²) in [6.07, 6.45) is 1.86. The fourth-order valence-corrected chi connectivity index (χ4v) is 2.02. The largest absolute Gasteiger partial charge is 0.444 e. The number of piperazine rings is 1. The van der Waals surface area contributed by atoms with Crippen molar-refractivity contribution in [2.45, 2.75) is 45.7 Å². The first-order valence-electron chi connectivity index (χ1n) is 6.37. The lowest BCUT2D eigenvalue weighted by molar-refractivity contribution is 0.149. The van der Waals surface area contributed by atoms with E-state index in [1.807, 2.05) is 6.20 Å². The predicted octanol–water partition coefficient (Wildman–Crippen LogP) is 1.77. The van der Waals surface area contributed by atoms with Crippen molar-refractivity contribution in [1.29, 1.82) is 0 Å². The summed E-state index contributed by atoms with van der Waals surface area (Å²) in [6, 6.07) is 0.550. The van der Waals surface area contributed by atoms with Gasteiger partial charge in [-0.05, 0) is 6.92 Å². The molecule has 1 aliphatic rings. The maximum atomic E-state index is 5.83. The maximum Gasteiger partial charge on any atom is 0.208 e. The standard InChI is InChI=1S/C13H23N3O/c1-10-7-14-5-6-16(10)9-12-15-8-11(17-12)13(2,3)4/h8,10,14H,5-7,9H2,1-4H3/t10-/m1/s1. The van der Waals surface area contributed by atoms with Crippen molar-refractivity contribution in [2.24, 2.45) is 0 Å². The molecule has 0 bridgehead atoms. The summed E-state index contributed by atoms with van der Waals surface area (Å²) in [7, 11) is 0. The Labute approximate surface area is 103 Å². The molecule has 0 aliphatic carbocycles. The van der Waals surface area contributed by atoms with Crippen LogP contribution in [0.3, 0.4) is 0 Å². The van der Waals surface area contributed by atoms with E-state index in [0.717, 1.165) is 37.8 Å². The average Bonchev–Trinajstić information content (AvgIpc) is 2.69. The van der Waals surface area contributed by atoms with Crippen LogP contribution in [0.5, 0.6) is 0 Å². The molecular formula is C13H23N3O. The van der Waals surface area contributed by atoms with Crippen molar-refractivity contribution in [1.82, 2.24) is 15.2 Å². The monoisotopic (exact) mass is 237 g/mol. The molecule has 2 rings (SSSR count). The molecule has 0 spiro atoms. The number of oxazole rings is 1. The summed E-state index contributed by atoms with van der Waals surface area (Å²) in [5, 5.41) is 3.39. The van der Waals surface area contributed by atoms with Crippen molar-refractivity contribution in [3.8, 4) is 0 Å². The Morgan fingerprint density at radius 3 is 2.88 bits per heavy atom. The van der Waals surface area contributed by atoms with Gasteiger partial charge in [0.25, 0.3) is 0 Å². The van der Waals surface area contributed by atoms with Crippen LogP contribution >= 0.6 is 0 Å². The maximum absolute atomic E-state index is 5.83. The Kier molecular flexibility index (Phi) is 3.54. The lowest BCUT2D eigenvalue weighted by atomic mass is 9.94. The van der Waals surface area contributed by atoms with Crippen LogP contribution in [0.25, 0.3) is 0 Å². The Morgan fingerprint density at radius 1 is 1.53 bits per heavy atom. The Bertz CT molecular complexity index is 367. The zero-order valence-electron chi connectivity index (χ0n) is 11.3. The first-order chi connectivity index (χ1) is 7.97. The average molecular weight is 237 g/mol. The summed E-state index contributed by atoms with van der Waals surface area (Å²) in [5.74, 6) is 1.80. The lowest BCUT2D eigenvalue weighted by Gasteiger charge is -2.32. The van der Waals surface area contributed by atoms with Crippen molar-refractivity contribution in [2.75, 3.05) is 19.6 Å². The first kappa shape index (κ1) is 12.6. The van der Waals surface area contributed by atoms with E-state index >= 15 is 0 Å². The minimum absolute atomic E-state index is 0.0420. The summed E-state index contributed by atoms with van der Waals surface area (Å²) in [5.41, 5.74) is 0.0420. The second-order valence-electron chi connectivity index (χ2n) is 5.89. The highest BCUT2D eigenvalue weighted by Gasteiger charge is 2.22. The van der Waals surface area contributed by atoms with Crippen LogP contribution in [-0.2, 0) is 12.0 Å². The van der Waals surface area contributed by atoms with E-state index in [1.54, 1.807) is 0 Å². The van der Waals surface area contributed by atoms with Gasteiger partial charge in [-0.1, -0.05) is 20.8 Å². The Balaban J connectivity index is 2.01. The van der Waals surface area contributed by atoms with Gasteiger partial charge in [-0.15, -0.1) is 0 Å². The molecule has 1 fully saturated rings. The smallest absolute Gasteiger partial charge is 0.208 e. The van der Waals surface area contributed by atoms with Crippen LogP contribution in [0, 0.1) is 0 Å². The van der Waals surface area contributed by atoms with E-state index in [0.29, 0.717) is 6.04 Å². The molecule has 1 N–H and O–H groups in total. The molecule has 1 saturated heterocycles. The SMILES string of the molecule is C[C@@H]1CNCCN1Cc1ncc(C(C)(C)C)o1. The second-order valence-corrected chi connectivity index (χ2v) is 5.89. The van der Waals surface area contributed by atoms with Gasteiger partial charge in [0.2, 0.25) is 5.89 Å². The molecule has 1 aliphatic heterocycles. The van der Waals surface area contributed by atoms with E-state index in [2.05, 4.69) is 42.9 Å². The third kappa shape index (κ3) is 3.07. The molecule has 96 valence electrons. The molecule has 0 unspecified atom stereocenters. The Hall–Kier alpha value is -0.870. The van der Waals surface area contributed by atoms with Gasteiger partial charge in [0.05, 0.1) is 12.7 Å². The first-order valence-corrected chi connectivity index (χ1v) is 6.37. The van der Waals surface area contributed by atoms with Gasteiger partial charge >= 0.3 is 0 Å². The fourth-order valence-electron chi connectivity index (χ4n) is 2.02. The van der Waals surface area contributed by atoms with Gasteiger partial charge in [0, 0.05) is 31.1 Å². The molecule has 0 saturated carbocycles. The van der Waals surface area contributed by atoms with Crippen LogP contribution in [0.2, 0.25) is 0 Å². The second kappa shape index (κ2) is 4.78. The number of hydrogen-bond acceptors (Lipinski definition) is 4. The van der Waals surface area contributed by atoms with Gasteiger partial charge in [-0.2, -0.15) is 0 Å². The normalized spacial score (nSPS) is 22.9. The molecular weight excluding hydrogens is 214 g/mol. The van der Waals surface area contributed by atoms with E-state index in [-0.39, 0.29) is 5.41 Å². The quantitative estimate of drug-likeness (QED) is 0.851. The highest BCUT2D eigenvalue weighted by atomic mass is 16.4. The van der Waals surface area contributed by atoms with E-state index in [9.17, 15) is 0 Å². The van der Waals surface area contributed by atoms with Crippen molar-refractivity contribution < 1.29 is 4.42 Å². The number of rotatable bonds is 2. The number of hydrogen-bond donors (Lipinski definition) is 1. The highest BCUT2D eigenvalue weighted by molar-refractivity contribution is 5.06. The van der Waals surface area contributed by atoms with Crippen molar-refractivity contribution in [3.05, 3.63) is 17.8 Å². The third-order valence-electron chi connectivity index (χ3n) is 3.27. The minimum Gasteiger partial charge on any atom is -0.444 e. The molecule has 1 aromatic heterocycles. The molecule has 2 heterocycles. The zero-order valence-corrected chi connectivity index (χ0v) is 11.3. The van der Waals surface area contributed by atoms with Gasteiger partial charge in [-0.3, -0.25) is 4.90 Å². The molecule has 1 atom stereocenters. The molecule has 0 radical (unpaired) electrons. The predicted molar refractivity (Wildman–Crippen MR) is 67.9 cm³/mol. The summed E-state index contributed by atoms with van der Waals surface area (Å²) in [6.45, 7) is 12.7. The molecule has 17 heavy (non-hydrogen) atoms. The number of nitrogens with zero attached hydrogens (tertiary/aromatic N) is 2. The van der Waals surface area contributed by atoms with Crippen LogP contribution in [-0.4, -0.2) is 35.6 Å². The van der Waals surface area contributed by atoms with E-state index in [1.165, 1.54) is 0 Å². The van der Waals surface area contributed by atoms with Crippen LogP contribution in [0.4, 0.5) is 0 Å². The fraction of sp³-hybridized carbons (Fsp3) is 0.769. The summed E-state index contributed by atoms with van der Waals surface area (Å²) >= 11 is 0. The van der Waals surface area contributed by atoms with Gasteiger partial charge in [0.15, 0.2) is 0 Å². The Morgan fingerprint density at radius 2 is 2.29 bits per heavy atom. The molecule has 4 nitrogen and oxygen atoms in total. The van der Waals surface area contributed by atoms with E-state index < -0.39 is 0 Å². The minimum atomic E-state index is 0.0420. The molecule has 0 amide bonds. The molecule has 4 heteroatoms. The third-order valence-corrected chi connectivity index (χ3v) is 3.27. The summed E-state index contributed by atoms with van der Waals surface area (Å²) < 4.78 is 5.83. The highest BCUT2D eigenvalue weighted by Crippen LogP contribution is 2.23. The number of nitrogens with one attached hydrogen (secondary N) is 1. The number of aromatic nitrogens is 1. The zero-order chi connectivity index (χ0) is 12.5. The van der Waals surface area contributed by atoms with Crippen LogP contribution in [0.15, 0.2) is 10.6 Å². The molecule has 0 aromatic carbocycles. The van der Waals surface area contributed by atoms with Crippen LogP contribution in [0.1, 0.15) is 39.3 Å². The van der Waals surface area contributed by atoms with E-state index in [4.69, 9.17) is 4.42 Å². The summed E-state index contributed by atoms with van der Waals surface area (Å²) in [4.78, 5) is 6.79. The molecule has 1 aromatic rings. The topological polar surface area (TPSA) is 41.3 Å². The van der Waals surface area contributed by atoms with Gasteiger partial charge in [0.1, 0.15) is 5.76 Å². The van der Waals surface area contributed by atoms with Crippen LogP contribution < -0.4 is 5.32 Å². The lowest BCUT2D eigenvalue weighted by Crippen LogP contribution is -2.49. The van der Waals surface area contributed by atoms with Crippen molar-refractivity contribution >= 4 is 0 Å². The van der Waals surface area contributed by atoms with Crippen molar-refractivity contribution in [3.63, 3.8) is 0 Å². The van der Waals surface area contributed by atoms with Gasteiger partial charge < -0.3 is 9.73 Å².